The van der Waals surface area contributed by atoms with Crippen LogP contribution < -0.4 is 10.2 Å². The average molecular weight is 302 g/mol. The maximum atomic E-state index is 11.9. The van der Waals surface area contributed by atoms with Gasteiger partial charge in [0, 0.05) is 24.8 Å². The van der Waals surface area contributed by atoms with E-state index in [1.807, 2.05) is 25.7 Å². The predicted molar refractivity (Wildman–Crippen MR) is 77.9 cm³/mol. The van der Waals surface area contributed by atoms with Crippen molar-refractivity contribution in [2.45, 2.75) is 26.3 Å². The summed E-state index contributed by atoms with van der Waals surface area (Å²) in [7, 11) is 0. The number of anilines is 1. The van der Waals surface area contributed by atoms with Gasteiger partial charge in [0.05, 0.1) is 16.0 Å². The summed E-state index contributed by atoms with van der Waals surface area (Å²) in [4.78, 5) is 18.1. The van der Waals surface area contributed by atoms with E-state index in [4.69, 9.17) is 23.2 Å². The van der Waals surface area contributed by atoms with Gasteiger partial charge in [-0.2, -0.15) is 0 Å². The lowest BCUT2D eigenvalue weighted by atomic mass is 9.97. The summed E-state index contributed by atoms with van der Waals surface area (Å²) >= 11 is 11.9. The molecule has 0 atom stereocenters. The first kappa shape index (κ1) is 14.4. The quantitative estimate of drug-likeness (QED) is 0.913. The van der Waals surface area contributed by atoms with Crippen LogP contribution in [-0.2, 0) is 4.79 Å². The van der Waals surface area contributed by atoms with Gasteiger partial charge in [-0.3, -0.25) is 4.79 Å². The van der Waals surface area contributed by atoms with Crippen LogP contribution in [-0.4, -0.2) is 29.5 Å². The van der Waals surface area contributed by atoms with E-state index in [9.17, 15) is 4.79 Å². The lowest BCUT2D eigenvalue weighted by Crippen LogP contribution is -2.56. The van der Waals surface area contributed by atoms with Crippen molar-refractivity contribution in [2.75, 3.05) is 18.0 Å². The Morgan fingerprint density at radius 1 is 1.42 bits per heavy atom. The SMILES string of the molecule is CC(C)(C)NC(=O)C1CN(c2ncc(Cl)cc2Cl)C1. The molecule has 0 bridgehead atoms. The summed E-state index contributed by atoms with van der Waals surface area (Å²) < 4.78 is 0. The Balaban J connectivity index is 1.94. The van der Waals surface area contributed by atoms with Gasteiger partial charge in [0.1, 0.15) is 5.82 Å². The number of rotatable bonds is 2. The molecule has 104 valence electrons. The number of hydrogen-bond acceptors (Lipinski definition) is 3. The third-order valence-electron chi connectivity index (χ3n) is 2.84. The minimum absolute atomic E-state index is 0.00669. The number of pyridine rings is 1. The van der Waals surface area contributed by atoms with Crippen LogP contribution in [0.5, 0.6) is 0 Å². The molecule has 1 fully saturated rings. The highest BCUT2D eigenvalue weighted by molar-refractivity contribution is 6.36. The topological polar surface area (TPSA) is 45.2 Å². The third kappa shape index (κ3) is 3.51. The summed E-state index contributed by atoms with van der Waals surface area (Å²) in [6.07, 6.45) is 1.56. The fourth-order valence-corrected chi connectivity index (χ4v) is 2.43. The molecule has 0 aliphatic carbocycles. The van der Waals surface area contributed by atoms with Crippen molar-refractivity contribution in [1.29, 1.82) is 0 Å². The minimum Gasteiger partial charge on any atom is -0.354 e. The minimum atomic E-state index is -0.201. The van der Waals surface area contributed by atoms with E-state index in [2.05, 4.69) is 10.3 Å². The average Bonchev–Trinajstić information content (AvgIpc) is 2.16. The highest BCUT2D eigenvalue weighted by atomic mass is 35.5. The number of carbonyl (C=O) groups is 1. The van der Waals surface area contributed by atoms with Crippen LogP contribution in [0.1, 0.15) is 20.8 Å². The van der Waals surface area contributed by atoms with E-state index in [1.165, 1.54) is 0 Å². The number of aromatic nitrogens is 1. The van der Waals surface area contributed by atoms with Gasteiger partial charge in [0.25, 0.3) is 0 Å². The molecule has 2 rings (SSSR count). The van der Waals surface area contributed by atoms with E-state index in [-0.39, 0.29) is 17.4 Å². The molecular formula is C13H17Cl2N3O. The summed E-state index contributed by atoms with van der Waals surface area (Å²) in [6.45, 7) is 7.18. The second-order valence-corrected chi connectivity index (χ2v) is 6.64. The molecule has 6 heteroatoms. The van der Waals surface area contributed by atoms with Crippen LogP contribution in [0, 0.1) is 5.92 Å². The Kier molecular flexibility index (Phi) is 3.92. The smallest absolute Gasteiger partial charge is 0.227 e. The summed E-state index contributed by atoms with van der Waals surface area (Å²) in [6, 6.07) is 1.66. The molecule has 0 aromatic carbocycles. The Morgan fingerprint density at radius 3 is 2.58 bits per heavy atom. The maximum Gasteiger partial charge on any atom is 0.227 e. The van der Waals surface area contributed by atoms with Crippen molar-refractivity contribution >= 4 is 34.9 Å². The fourth-order valence-electron chi connectivity index (χ4n) is 1.93. The Morgan fingerprint density at radius 2 is 2.05 bits per heavy atom. The van der Waals surface area contributed by atoms with E-state index >= 15 is 0 Å². The maximum absolute atomic E-state index is 11.9. The zero-order chi connectivity index (χ0) is 14.2. The summed E-state index contributed by atoms with van der Waals surface area (Å²) in [5.41, 5.74) is -0.201. The molecule has 0 radical (unpaired) electrons. The Hall–Kier alpha value is -1.000. The molecule has 19 heavy (non-hydrogen) atoms. The van der Waals surface area contributed by atoms with Crippen molar-refractivity contribution < 1.29 is 4.79 Å². The second kappa shape index (κ2) is 5.17. The van der Waals surface area contributed by atoms with Crippen LogP contribution in [0.25, 0.3) is 0 Å². The molecule has 1 saturated heterocycles. The normalized spacial score (nSPS) is 16.2. The van der Waals surface area contributed by atoms with Gasteiger partial charge in [-0.1, -0.05) is 23.2 Å². The molecule has 1 aromatic rings. The molecule has 1 aliphatic heterocycles. The van der Waals surface area contributed by atoms with Crippen LogP contribution in [0.15, 0.2) is 12.3 Å². The van der Waals surface area contributed by atoms with Gasteiger partial charge < -0.3 is 10.2 Å². The Bertz CT molecular complexity index is 493. The van der Waals surface area contributed by atoms with Gasteiger partial charge in [0.15, 0.2) is 0 Å². The molecule has 2 heterocycles. The number of halogens is 2. The first-order chi connectivity index (χ1) is 8.76. The van der Waals surface area contributed by atoms with Crippen LogP contribution in [0.2, 0.25) is 10.0 Å². The van der Waals surface area contributed by atoms with Gasteiger partial charge in [-0.05, 0) is 26.8 Å². The monoisotopic (exact) mass is 301 g/mol. The van der Waals surface area contributed by atoms with Crippen molar-refractivity contribution in [1.82, 2.24) is 10.3 Å². The van der Waals surface area contributed by atoms with Gasteiger partial charge in [-0.15, -0.1) is 0 Å². The second-order valence-electron chi connectivity index (χ2n) is 5.80. The molecule has 1 aliphatic rings. The van der Waals surface area contributed by atoms with E-state index in [1.54, 1.807) is 12.3 Å². The summed E-state index contributed by atoms with van der Waals surface area (Å²) in [5.74, 6) is 0.757. The lowest BCUT2D eigenvalue weighted by Gasteiger charge is -2.40. The highest BCUT2D eigenvalue weighted by Gasteiger charge is 2.35. The molecule has 0 unspecified atom stereocenters. The molecule has 0 spiro atoms. The van der Waals surface area contributed by atoms with E-state index in [0.29, 0.717) is 29.0 Å². The highest BCUT2D eigenvalue weighted by Crippen LogP contribution is 2.31. The standard InChI is InChI=1S/C13H17Cl2N3O/c1-13(2,3)17-12(19)8-6-18(7-8)11-10(15)4-9(14)5-16-11/h4-5,8H,6-7H2,1-3H3,(H,17,19). The predicted octanol–water partition coefficient (Wildman–Crippen LogP) is 2.74. The number of carbonyl (C=O) groups excluding carboxylic acids is 1. The number of nitrogens with zero attached hydrogens (tertiary/aromatic N) is 2. The van der Waals surface area contributed by atoms with Crippen molar-refractivity contribution in [3.05, 3.63) is 22.3 Å². The number of nitrogens with one attached hydrogen (secondary N) is 1. The van der Waals surface area contributed by atoms with Gasteiger partial charge >= 0.3 is 0 Å². The molecule has 1 N–H and O–H groups in total. The van der Waals surface area contributed by atoms with Gasteiger partial charge in [0.2, 0.25) is 5.91 Å². The van der Waals surface area contributed by atoms with Crippen molar-refractivity contribution in [2.24, 2.45) is 5.92 Å². The Labute approximate surface area is 123 Å². The fraction of sp³-hybridized carbons (Fsp3) is 0.538. The van der Waals surface area contributed by atoms with Crippen molar-refractivity contribution in [3.8, 4) is 0 Å². The van der Waals surface area contributed by atoms with Crippen LogP contribution >= 0.6 is 23.2 Å². The van der Waals surface area contributed by atoms with E-state index in [0.717, 1.165) is 0 Å². The van der Waals surface area contributed by atoms with Crippen LogP contribution in [0.3, 0.4) is 0 Å². The van der Waals surface area contributed by atoms with Crippen molar-refractivity contribution in [3.63, 3.8) is 0 Å². The first-order valence-corrected chi connectivity index (χ1v) is 6.90. The zero-order valence-electron chi connectivity index (χ0n) is 11.2. The largest absolute Gasteiger partial charge is 0.354 e. The lowest BCUT2D eigenvalue weighted by molar-refractivity contribution is -0.127. The summed E-state index contributed by atoms with van der Waals surface area (Å²) in [5, 5.41) is 4.00. The number of hydrogen-bond donors (Lipinski definition) is 1. The first-order valence-electron chi connectivity index (χ1n) is 6.14. The third-order valence-corrected chi connectivity index (χ3v) is 3.32. The number of amides is 1. The molecule has 0 saturated carbocycles. The molecule has 1 aromatic heterocycles. The molecular weight excluding hydrogens is 285 g/mol. The zero-order valence-corrected chi connectivity index (χ0v) is 12.7. The van der Waals surface area contributed by atoms with Crippen LogP contribution in [0.4, 0.5) is 5.82 Å². The van der Waals surface area contributed by atoms with E-state index < -0.39 is 0 Å². The van der Waals surface area contributed by atoms with Gasteiger partial charge in [-0.25, -0.2) is 4.98 Å². The molecule has 1 amide bonds. The molecule has 4 nitrogen and oxygen atoms in total.